The van der Waals surface area contributed by atoms with E-state index in [1.54, 1.807) is 22.0 Å². The van der Waals surface area contributed by atoms with Gasteiger partial charge in [0.15, 0.2) is 0 Å². The molecule has 0 saturated carbocycles. The number of aliphatic hydroxyl groups excluding tert-OH is 1. The first kappa shape index (κ1) is 18.3. The zero-order valence-corrected chi connectivity index (χ0v) is 17.0. The first-order valence-corrected chi connectivity index (χ1v) is 10.3. The van der Waals surface area contributed by atoms with Crippen molar-refractivity contribution in [1.29, 1.82) is 0 Å². The topological polar surface area (TPSA) is 75.6 Å². The molecule has 0 aliphatic rings. The van der Waals surface area contributed by atoms with Crippen LogP contribution < -0.4 is 5.32 Å². The molecule has 0 aliphatic carbocycles. The Balaban J connectivity index is 1.30. The number of hydrogen-bond donors (Lipinski definition) is 2. The van der Waals surface area contributed by atoms with E-state index >= 15 is 0 Å². The Bertz CT molecular complexity index is 1310. The molecule has 0 spiro atoms. The average molecular weight is 425 g/mol. The lowest BCUT2D eigenvalue weighted by Gasteiger charge is -2.13. The van der Waals surface area contributed by atoms with Crippen LogP contribution in [0.25, 0.3) is 27.3 Å². The summed E-state index contributed by atoms with van der Waals surface area (Å²) in [6.07, 6.45) is 0.861. The zero-order valence-electron chi connectivity index (χ0n) is 15.5. The molecule has 0 radical (unpaired) electrons. The van der Waals surface area contributed by atoms with Gasteiger partial charge in [-0.1, -0.05) is 23.7 Å². The van der Waals surface area contributed by atoms with Crippen molar-refractivity contribution < 1.29 is 9.52 Å². The molecular formula is C21H17ClN4O2S. The molecule has 3 heterocycles. The van der Waals surface area contributed by atoms with Crippen LogP contribution in [0, 0.1) is 6.92 Å². The first-order valence-electron chi connectivity index (χ1n) is 9.07. The van der Waals surface area contributed by atoms with Gasteiger partial charge < -0.3 is 9.52 Å². The molecule has 5 aromatic rings. The summed E-state index contributed by atoms with van der Waals surface area (Å²) in [4.78, 5) is 4.15. The number of fused-ring (bicyclic) bond motifs is 2. The second-order valence-corrected chi connectivity index (χ2v) is 8.12. The summed E-state index contributed by atoms with van der Waals surface area (Å²) >= 11 is 7.78. The number of aliphatic hydroxyl groups is 1. The maximum absolute atomic E-state index is 10.5. The molecule has 1 unspecified atom stereocenters. The molecule has 0 fully saturated rings. The highest BCUT2D eigenvalue weighted by molar-refractivity contribution is 7.17. The maximum Gasteiger partial charge on any atom is 0.246 e. The second kappa shape index (κ2) is 7.27. The minimum Gasteiger partial charge on any atom is -0.417 e. The van der Waals surface area contributed by atoms with Crippen molar-refractivity contribution in [2.24, 2.45) is 0 Å². The number of benzene rings is 2. The molecule has 146 valence electrons. The van der Waals surface area contributed by atoms with E-state index < -0.39 is 6.23 Å². The molecule has 8 heteroatoms. The Hall–Kier alpha value is -2.71. The Morgan fingerprint density at radius 3 is 2.86 bits per heavy atom. The van der Waals surface area contributed by atoms with Crippen molar-refractivity contribution in [3.8, 4) is 11.5 Å². The number of nitrogens with one attached hydrogen (secondary N) is 1. The molecule has 0 saturated heterocycles. The van der Waals surface area contributed by atoms with Gasteiger partial charge in [0.25, 0.3) is 0 Å². The summed E-state index contributed by atoms with van der Waals surface area (Å²) < 4.78 is 8.57. The average Bonchev–Trinajstić information content (AvgIpc) is 3.42. The van der Waals surface area contributed by atoms with Crippen molar-refractivity contribution in [2.45, 2.75) is 19.7 Å². The largest absolute Gasteiger partial charge is 0.417 e. The van der Waals surface area contributed by atoms with Crippen LogP contribution >= 0.6 is 22.9 Å². The van der Waals surface area contributed by atoms with Gasteiger partial charge in [0, 0.05) is 21.8 Å². The summed E-state index contributed by atoms with van der Waals surface area (Å²) in [5.74, 6) is 1.29. The number of thiophene rings is 1. The van der Waals surface area contributed by atoms with Crippen LogP contribution in [-0.4, -0.2) is 19.7 Å². The lowest BCUT2D eigenvalue weighted by atomic mass is 10.1. The van der Waals surface area contributed by atoms with Gasteiger partial charge >= 0.3 is 0 Å². The normalized spacial score (nSPS) is 12.8. The predicted molar refractivity (Wildman–Crippen MR) is 114 cm³/mol. The summed E-state index contributed by atoms with van der Waals surface area (Å²) in [5.41, 5.74) is 3.32. The first-order chi connectivity index (χ1) is 14.1. The van der Waals surface area contributed by atoms with Crippen LogP contribution in [0.15, 0.2) is 58.5 Å². The molecule has 1 atom stereocenters. The van der Waals surface area contributed by atoms with Crippen molar-refractivity contribution in [2.75, 3.05) is 0 Å². The van der Waals surface area contributed by atoms with Crippen LogP contribution in [-0.2, 0) is 6.54 Å². The van der Waals surface area contributed by atoms with Crippen LogP contribution in [0.4, 0.5) is 0 Å². The molecule has 6 nitrogen and oxygen atoms in total. The highest BCUT2D eigenvalue weighted by Gasteiger charge is 2.13. The summed E-state index contributed by atoms with van der Waals surface area (Å²) in [6, 6.07) is 13.4. The zero-order chi connectivity index (χ0) is 20.0. The molecule has 0 bridgehead atoms. The molecule has 29 heavy (non-hydrogen) atoms. The van der Waals surface area contributed by atoms with Gasteiger partial charge in [0.05, 0.1) is 6.20 Å². The van der Waals surface area contributed by atoms with Gasteiger partial charge in [-0.3, -0.25) is 5.32 Å². The smallest absolute Gasteiger partial charge is 0.246 e. The third kappa shape index (κ3) is 3.42. The van der Waals surface area contributed by atoms with Crippen molar-refractivity contribution in [3.05, 3.63) is 76.0 Å². The van der Waals surface area contributed by atoms with E-state index in [4.69, 9.17) is 16.0 Å². The minimum atomic E-state index is -0.787. The van der Waals surface area contributed by atoms with Crippen LogP contribution in [0.5, 0.6) is 0 Å². The SMILES string of the molecule is Cc1ncc2oc(-c3ccc(C(O)NCc4csc5ccc(Cl)cc45)cc3)nn12. The lowest BCUT2D eigenvalue weighted by molar-refractivity contribution is 0.137. The van der Waals surface area contributed by atoms with E-state index in [1.807, 2.05) is 49.4 Å². The fourth-order valence-corrected chi connectivity index (χ4v) is 4.37. The molecule has 2 N–H and O–H groups in total. The van der Waals surface area contributed by atoms with E-state index in [9.17, 15) is 5.11 Å². The van der Waals surface area contributed by atoms with Crippen molar-refractivity contribution >= 4 is 38.7 Å². The van der Waals surface area contributed by atoms with E-state index in [0.29, 0.717) is 23.2 Å². The maximum atomic E-state index is 10.5. The van der Waals surface area contributed by atoms with Gasteiger partial charge in [-0.15, -0.1) is 16.4 Å². The molecule has 0 aliphatic heterocycles. The van der Waals surface area contributed by atoms with Crippen LogP contribution in [0.1, 0.15) is 23.2 Å². The second-order valence-electron chi connectivity index (χ2n) is 6.77. The predicted octanol–water partition coefficient (Wildman–Crippen LogP) is 4.95. The molecule has 2 aromatic carbocycles. The molecular weight excluding hydrogens is 408 g/mol. The van der Waals surface area contributed by atoms with Gasteiger partial charge in [-0.25, -0.2) is 4.98 Å². The minimum absolute atomic E-state index is 0.515. The lowest BCUT2D eigenvalue weighted by Crippen LogP contribution is -2.20. The number of rotatable bonds is 5. The summed E-state index contributed by atoms with van der Waals surface area (Å²) in [7, 11) is 0. The number of hydrogen-bond acceptors (Lipinski definition) is 6. The van der Waals surface area contributed by atoms with Crippen molar-refractivity contribution in [3.63, 3.8) is 0 Å². The summed E-state index contributed by atoms with van der Waals surface area (Å²) in [5, 5.41) is 22.0. The molecule has 3 aromatic heterocycles. The van der Waals surface area contributed by atoms with E-state index in [2.05, 4.69) is 20.8 Å². The fraction of sp³-hybridized carbons (Fsp3) is 0.143. The number of imidazole rings is 1. The van der Waals surface area contributed by atoms with Gasteiger partial charge in [0.1, 0.15) is 12.1 Å². The molecule has 0 amide bonds. The Morgan fingerprint density at radius 2 is 2.07 bits per heavy atom. The van der Waals surface area contributed by atoms with Crippen LogP contribution in [0.2, 0.25) is 5.02 Å². The highest BCUT2D eigenvalue weighted by atomic mass is 35.5. The Kier molecular flexibility index (Phi) is 4.60. The van der Waals surface area contributed by atoms with E-state index in [-0.39, 0.29) is 0 Å². The van der Waals surface area contributed by atoms with Crippen molar-refractivity contribution in [1.82, 2.24) is 19.9 Å². The third-order valence-corrected chi connectivity index (χ3v) is 6.09. The fourth-order valence-electron chi connectivity index (χ4n) is 3.26. The monoisotopic (exact) mass is 424 g/mol. The quantitative estimate of drug-likeness (QED) is 0.390. The third-order valence-electron chi connectivity index (χ3n) is 4.84. The highest BCUT2D eigenvalue weighted by Crippen LogP contribution is 2.29. The van der Waals surface area contributed by atoms with Gasteiger partial charge in [-0.2, -0.15) is 4.52 Å². The number of nitrogens with zero attached hydrogens (tertiary/aromatic N) is 3. The van der Waals surface area contributed by atoms with Gasteiger partial charge in [0.2, 0.25) is 11.6 Å². The standard InChI is InChI=1S/C21H17ClN4O2S/c1-12-23-10-19-26(12)25-21(28-19)14-4-2-13(3-5-14)20(27)24-9-15-11-29-18-7-6-16(22)8-17(15)18/h2-8,10-11,20,24,27H,9H2,1H3. The van der Waals surface area contributed by atoms with E-state index in [1.165, 1.54) is 4.70 Å². The van der Waals surface area contributed by atoms with Gasteiger partial charge in [-0.05, 0) is 59.1 Å². The van der Waals surface area contributed by atoms with E-state index in [0.717, 1.165) is 27.9 Å². The summed E-state index contributed by atoms with van der Waals surface area (Å²) in [6.45, 7) is 2.41. The Labute approximate surface area is 175 Å². The molecule has 5 rings (SSSR count). The number of aryl methyl sites for hydroxylation is 1. The van der Waals surface area contributed by atoms with Crippen LogP contribution in [0.3, 0.4) is 0 Å². The Morgan fingerprint density at radius 1 is 1.24 bits per heavy atom. The number of halogens is 1. The number of aromatic nitrogens is 3.